The van der Waals surface area contributed by atoms with Crippen molar-refractivity contribution in [2.45, 2.75) is 20.0 Å². The van der Waals surface area contributed by atoms with Gasteiger partial charge >= 0.3 is 0 Å². The van der Waals surface area contributed by atoms with Gasteiger partial charge in [0.25, 0.3) is 0 Å². The lowest BCUT2D eigenvalue weighted by molar-refractivity contribution is 0.625. The fourth-order valence-electron chi connectivity index (χ4n) is 1.71. The number of rotatable bonds is 4. The van der Waals surface area contributed by atoms with E-state index in [2.05, 4.69) is 10.4 Å². The first-order chi connectivity index (χ1) is 8.58. The Hall–Kier alpha value is -1.39. The first kappa shape index (κ1) is 13.1. The lowest BCUT2D eigenvalue weighted by Gasteiger charge is -2.06. The summed E-state index contributed by atoms with van der Waals surface area (Å²) in [4.78, 5) is 0. The van der Waals surface area contributed by atoms with Crippen LogP contribution in [0.2, 0.25) is 5.02 Å². The predicted molar refractivity (Wildman–Crippen MR) is 69.9 cm³/mol. The largest absolute Gasteiger partial charge is 0.308 e. The molecule has 0 saturated heterocycles. The van der Waals surface area contributed by atoms with Crippen molar-refractivity contribution in [1.82, 2.24) is 15.1 Å². The van der Waals surface area contributed by atoms with Gasteiger partial charge in [-0.05, 0) is 24.6 Å². The smallest absolute Gasteiger partial charge is 0.124 e. The quantitative estimate of drug-likeness (QED) is 0.923. The van der Waals surface area contributed by atoms with Gasteiger partial charge < -0.3 is 5.32 Å². The van der Waals surface area contributed by atoms with Crippen molar-refractivity contribution in [2.75, 3.05) is 0 Å². The van der Waals surface area contributed by atoms with Gasteiger partial charge in [-0.3, -0.25) is 4.68 Å². The van der Waals surface area contributed by atoms with Gasteiger partial charge in [-0.15, -0.1) is 0 Å². The van der Waals surface area contributed by atoms with Crippen LogP contribution in [-0.2, 0) is 20.1 Å². The van der Waals surface area contributed by atoms with Crippen LogP contribution in [0, 0.1) is 12.7 Å². The van der Waals surface area contributed by atoms with E-state index in [4.69, 9.17) is 11.6 Å². The van der Waals surface area contributed by atoms with Crippen LogP contribution in [-0.4, -0.2) is 9.78 Å². The SMILES string of the molecule is Cc1c(CNCc2ccc(F)cc2Cl)cnn1C. The molecule has 0 unspecified atom stereocenters. The van der Waals surface area contributed by atoms with Crippen LogP contribution in [0.15, 0.2) is 24.4 Å². The van der Waals surface area contributed by atoms with Crippen molar-refractivity contribution in [1.29, 1.82) is 0 Å². The van der Waals surface area contributed by atoms with E-state index in [1.165, 1.54) is 12.1 Å². The summed E-state index contributed by atoms with van der Waals surface area (Å²) < 4.78 is 14.7. The molecule has 0 radical (unpaired) electrons. The van der Waals surface area contributed by atoms with E-state index < -0.39 is 0 Å². The molecule has 5 heteroatoms. The minimum absolute atomic E-state index is 0.313. The Morgan fingerprint density at radius 1 is 1.33 bits per heavy atom. The third kappa shape index (κ3) is 2.89. The molecule has 2 aromatic rings. The molecule has 0 aliphatic rings. The van der Waals surface area contributed by atoms with Gasteiger partial charge in [-0.1, -0.05) is 17.7 Å². The summed E-state index contributed by atoms with van der Waals surface area (Å²) >= 11 is 5.95. The first-order valence-electron chi connectivity index (χ1n) is 5.70. The summed E-state index contributed by atoms with van der Waals surface area (Å²) in [5, 5.41) is 7.89. The van der Waals surface area contributed by atoms with Crippen molar-refractivity contribution in [2.24, 2.45) is 7.05 Å². The third-order valence-corrected chi connectivity index (χ3v) is 3.33. The van der Waals surface area contributed by atoms with Gasteiger partial charge in [0.15, 0.2) is 0 Å². The highest BCUT2D eigenvalue weighted by molar-refractivity contribution is 6.31. The van der Waals surface area contributed by atoms with E-state index in [0.717, 1.165) is 16.8 Å². The van der Waals surface area contributed by atoms with E-state index in [1.54, 1.807) is 6.07 Å². The first-order valence-corrected chi connectivity index (χ1v) is 6.08. The van der Waals surface area contributed by atoms with Crippen LogP contribution in [0.4, 0.5) is 4.39 Å². The summed E-state index contributed by atoms with van der Waals surface area (Å²) in [5.41, 5.74) is 3.17. The van der Waals surface area contributed by atoms with Crippen molar-refractivity contribution in [3.63, 3.8) is 0 Å². The molecule has 0 aliphatic carbocycles. The van der Waals surface area contributed by atoms with Crippen molar-refractivity contribution >= 4 is 11.6 Å². The van der Waals surface area contributed by atoms with Crippen molar-refractivity contribution < 1.29 is 4.39 Å². The van der Waals surface area contributed by atoms with Gasteiger partial charge in [0.1, 0.15) is 5.82 Å². The summed E-state index contributed by atoms with van der Waals surface area (Å²) in [6.07, 6.45) is 1.84. The average Bonchev–Trinajstić information content (AvgIpc) is 2.64. The van der Waals surface area contributed by atoms with Crippen molar-refractivity contribution in [3.05, 3.63) is 52.1 Å². The zero-order valence-corrected chi connectivity index (χ0v) is 11.1. The Balaban J connectivity index is 1.94. The van der Waals surface area contributed by atoms with Crippen LogP contribution >= 0.6 is 11.6 Å². The molecular weight excluding hydrogens is 253 g/mol. The molecule has 0 atom stereocenters. The van der Waals surface area contributed by atoms with Crippen LogP contribution < -0.4 is 5.32 Å². The number of halogens is 2. The normalized spacial score (nSPS) is 10.9. The molecule has 96 valence electrons. The Morgan fingerprint density at radius 2 is 2.06 bits per heavy atom. The minimum Gasteiger partial charge on any atom is -0.308 e. The molecule has 1 heterocycles. The highest BCUT2D eigenvalue weighted by Crippen LogP contribution is 2.17. The summed E-state index contributed by atoms with van der Waals surface area (Å²) in [5.74, 6) is -0.313. The van der Waals surface area contributed by atoms with E-state index >= 15 is 0 Å². The van der Waals surface area contributed by atoms with Gasteiger partial charge in [-0.25, -0.2) is 4.39 Å². The summed E-state index contributed by atoms with van der Waals surface area (Å²) in [6, 6.07) is 4.44. The lowest BCUT2D eigenvalue weighted by Crippen LogP contribution is -2.13. The molecule has 0 saturated carbocycles. The second-order valence-electron chi connectivity index (χ2n) is 4.22. The van der Waals surface area contributed by atoms with E-state index in [9.17, 15) is 4.39 Å². The molecule has 0 aliphatic heterocycles. The molecule has 18 heavy (non-hydrogen) atoms. The Kier molecular flexibility index (Phi) is 3.99. The maximum absolute atomic E-state index is 12.9. The molecule has 0 spiro atoms. The lowest BCUT2D eigenvalue weighted by atomic mass is 10.2. The molecular formula is C13H15ClFN3. The topological polar surface area (TPSA) is 29.9 Å². The molecule has 3 nitrogen and oxygen atoms in total. The number of hydrogen-bond acceptors (Lipinski definition) is 2. The van der Waals surface area contributed by atoms with Crippen LogP contribution in [0.5, 0.6) is 0 Å². The molecule has 1 aromatic carbocycles. The second kappa shape index (κ2) is 5.50. The zero-order valence-electron chi connectivity index (χ0n) is 10.4. The van der Waals surface area contributed by atoms with Gasteiger partial charge in [0.2, 0.25) is 0 Å². The Bertz CT molecular complexity index is 551. The second-order valence-corrected chi connectivity index (χ2v) is 4.63. The average molecular weight is 268 g/mol. The number of aromatic nitrogens is 2. The molecule has 0 amide bonds. The number of benzene rings is 1. The van der Waals surface area contributed by atoms with Crippen LogP contribution in [0.25, 0.3) is 0 Å². The number of nitrogens with one attached hydrogen (secondary N) is 1. The minimum atomic E-state index is -0.313. The molecule has 0 bridgehead atoms. The molecule has 1 N–H and O–H groups in total. The van der Waals surface area contributed by atoms with Crippen LogP contribution in [0.1, 0.15) is 16.8 Å². The van der Waals surface area contributed by atoms with Gasteiger partial charge in [-0.2, -0.15) is 5.10 Å². The Morgan fingerprint density at radius 3 is 2.67 bits per heavy atom. The highest BCUT2D eigenvalue weighted by atomic mass is 35.5. The standard InChI is InChI=1S/C13H15ClFN3/c1-9-11(8-17-18(9)2)7-16-6-10-3-4-12(15)5-13(10)14/h3-5,8,16H,6-7H2,1-2H3. The van der Waals surface area contributed by atoms with E-state index in [1.807, 2.05) is 24.9 Å². The number of hydrogen-bond donors (Lipinski definition) is 1. The maximum atomic E-state index is 12.9. The maximum Gasteiger partial charge on any atom is 0.124 e. The predicted octanol–water partition coefficient (Wildman–Crippen LogP) is 2.81. The summed E-state index contributed by atoms with van der Waals surface area (Å²) in [7, 11) is 1.91. The highest BCUT2D eigenvalue weighted by Gasteiger charge is 2.05. The van der Waals surface area contributed by atoms with Gasteiger partial charge in [0, 0.05) is 36.4 Å². The fourth-order valence-corrected chi connectivity index (χ4v) is 1.95. The molecule has 0 fully saturated rings. The number of nitrogens with zero attached hydrogens (tertiary/aromatic N) is 2. The number of aryl methyl sites for hydroxylation is 1. The van der Waals surface area contributed by atoms with Crippen molar-refractivity contribution in [3.8, 4) is 0 Å². The van der Waals surface area contributed by atoms with Gasteiger partial charge in [0.05, 0.1) is 6.20 Å². The summed E-state index contributed by atoms with van der Waals surface area (Å²) in [6.45, 7) is 3.34. The molecule has 1 aromatic heterocycles. The van der Waals surface area contributed by atoms with Crippen LogP contribution in [0.3, 0.4) is 0 Å². The van der Waals surface area contributed by atoms with E-state index in [-0.39, 0.29) is 5.82 Å². The molecule has 2 rings (SSSR count). The third-order valence-electron chi connectivity index (χ3n) is 2.98. The fraction of sp³-hybridized carbons (Fsp3) is 0.308. The Labute approximate surface area is 111 Å². The zero-order chi connectivity index (χ0) is 13.1. The monoisotopic (exact) mass is 267 g/mol. The van der Waals surface area contributed by atoms with E-state index in [0.29, 0.717) is 18.1 Å².